The largest absolute Gasteiger partial charge is 0.497 e. The maximum Gasteiger partial charge on any atom is 0.270 e. The molecule has 3 aromatic rings. The highest BCUT2D eigenvalue weighted by Gasteiger charge is 2.22. The third-order valence-corrected chi connectivity index (χ3v) is 3.21. The Hall–Kier alpha value is -2.63. The fraction of sp³-hybridized carbons (Fsp3) is 0.312. The predicted molar refractivity (Wildman–Crippen MR) is 80.5 cm³/mol. The average molecular weight is 299 g/mol. The van der Waals surface area contributed by atoms with E-state index in [4.69, 9.17) is 13.7 Å². The molecule has 0 saturated heterocycles. The topological polar surface area (TPSA) is 74.2 Å². The van der Waals surface area contributed by atoms with Crippen LogP contribution < -0.4 is 4.74 Å². The van der Waals surface area contributed by atoms with Crippen molar-refractivity contribution in [2.24, 2.45) is 0 Å². The van der Waals surface area contributed by atoms with Crippen molar-refractivity contribution >= 4 is 0 Å². The molecule has 0 aliphatic heterocycles. The van der Waals surface area contributed by atoms with Crippen molar-refractivity contribution < 1.29 is 13.7 Å². The molecular formula is C16H17N3O3. The molecule has 0 fully saturated rings. The molecule has 22 heavy (non-hydrogen) atoms. The van der Waals surface area contributed by atoms with E-state index in [-0.39, 0.29) is 5.41 Å². The quantitative estimate of drug-likeness (QED) is 0.734. The molecule has 6 heteroatoms. The fourth-order valence-corrected chi connectivity index (χ4v) is 1.93. The maximum absolute atomic E-state index is 5.68. The highest BCUT2D eigenvalue weighted by Crippen LogP contribution is 2.29. The molecule has 2 aromatic heterocycles. The van der Waals surface area contributed by atoms with E-state index in [1.165, 1.54) is 0 Å². The molecular weight excluding hydrogens is 282 g/mol. The van der Waals surface area contributed by atoms with E-state index in [0.717, 1.165) is 17.1 Å². The maximum atomic E-state index is 5.68. The van der Waals surface area contributed by atoms with Gasteiger partial charge in [-0.15, -0.1) is 10.2 Å². The van der Waals surface area contributed by atoms with E-state index in [2.05, 4.69) is 15.4 Å². The number of ether oxygens (including phenoxy) is 1. The molecule has 0 spiro atoms. The van der Waals surface area contributed by atoms with E-state index >= 15 is 0 Å². The summed E-state index contributed by atoms with van der Waals surface area (Å²) >= 11 is 0. The van der Waals surface area contributed by atoms with E-state index in [0.29, 0.717) is 17.5 Å². The predicted octanol–water partition coefficient (Wildman–Crippen LogP) is 3.70. The highest BCUT2D eigenvalue weighted by atomic mass is 16.5. The molecule has 114 valence electrons. The first-order valence-electron chi connectivity index (χ1n) is 6.93. The summed E-state index contributed by atoms with van der Waals surface area (Å²) in [4.78, 5) is 0. The molecule has 0 atom stereocenters. The Morgan fingerprint density at radius 3 is 2.50 bits per heavy atom. The second-order valence-corrected chi connectivity index (χ2v) is 5.97. The van der Waals surface area contributed by atoms with Gasteiger partial charge in [0.1, 0.15) is 11.5 Å². The molecule has 0 aliphatic rings. The van der Waals surface area contributed by atoms with Crippen LogP contribution in [0.4, 0.5) is 0 Å². The van der Waals surface area contributed by atoms with Gasteiger partial charge in [-0.1, -0.05) is 32.0 Å². The lowest BCUT2D eigenvalue weighted by Crippen LogP contribution is -2.09. The van der Waals surface area contributed by atoms with Crippen LogP contribution in [0.5, 0.6) is 5.75 Å². The van der Waals surface area contributed by atoms with Crippen LogP contribution in [0, 0.1) is 0 Å². The first kappa shape index (κ1) is 14.3. The lowest BCUT2D eigenvalue weighted by Gasteiger charge is -2.11. The van der Waals surface area contributed by atoms with Gasteiger partial charge in [0, 0.05) is 17.0 Å². The van der Waals surface area contributed by atoms with E-state index in [1.54, 1.807) is 7.11 Å². The molecule has 0 radical (unpaired) electrons. The van der Waals surface area contributed by atoms with Gasteiger partial charge >= 0.3 is 0 Å². The van der Waals surface area contributed by atoms with Crippen LogP contribution in [-0.4, -0.2) is 22.5 Å². The average Bonchev–Trinajstić information content (AvgIpc) is 3.15. The number of rotatable bonds is 3. The van der Waals surface area contributed by atoms with Crippen molar-refractivity contribution in [2.45, 2.75) is 26.2 Å². The van der Waals surface area contributed by atoms with Crippen LogP contribution in [0.1, 0.15) is 26.5 Å². The summed E-state index contributed by atoms with van der Waals surface area (Å²) in [5.74, 6) is 2.24. The lowest BCUT2D eigenvalue weighted by atomic mass is 9.93. The number of hydrogen-bond acceptors (Lipinski definition) is 6. The second kappa shape index (κ2) is 5.29. The Morgan fingerprint density at radius 2 is 1.82 bits per heavy atom. The highest BCUT2D eigenvalue weighted by molar-refractivity contribution is 5.57. The van der Waals surface area contributed by atoms with Crippen LogP contribution in [-0.2, 0) is 5.41 Å². The van der Waals surface area contributed by atoms with E-state index in [1.807, 2.05) is 51.1 Å². The summed E-state index contributed by atoms with van der Waals surface area (Å²) in [7, 11) is 1.61. The SMILES string of the molecule is COc1cccc(-c2nnc(-c3cc(C(C)(C)C)on3)o2)c1. The Labute approximate surface area is 128 Å². The zero-order valence-electron chi connectivity index (χ0n) is 13.0. The molecule has 0 unspecified atom stereocenters. The molecule has 1 aromatic carbocycles. The third-order valence-electron chi connectivity index (χ3n) is 3.21. The molecule has 0 N–H and O–H groups in total. The van der Waals surface area contributed by atoms with Gasteiger partial charge < -0.3 is 13.7 Å². The summed E-state index contributed by atoms with van der Waals surface area (Å²) in [6.07, 6.45) is 0. The lowest BCUT2D eigenvalue weighted by molar-refractivity contribution is 0.329. The summed E-state index contributed by atoms with van der Waals surface area (Å²) in [6, 6.07) is 9.26. The first-order chi connectivity index (χ1) is 10.5. The van der Waals surface area contributed by atoms with Gasteiger partial charge in [-0.05, 0) is 18.2 Å². The normalized spacial score (nSPS) is 11.6. The summed E-state index contributed by atoms with van der Waals surface area (Å²) in [5, 5.41) is 12.1. The van der Waals surface area contributed by atoms with Crippen molar-refractivity contribution in [2.75, 3.05) is 7.11 Å². The van der Waals surface area contributed by atoms with Crippen molar-refractivity contribution in [1.82, 2.24) is 15.4 Å². The number of hydrogen-bond donors (Lipinski definition) is 0. The minimum absolute atomic E-state index is 0.124. The Kier molecular flexibility index (Phi) is 3.44. The minimum Gasteiger partial charge on any atom is -0.497 e. The molecule has 0 bridgehead atoms. The van der Waals surface area contributed by atoms with Crippen LogP contribution in [0.3, 0.4) is 0 Å². The standard InChI is InChI=1S/C16H17N3O3/c1-16(2,3)13-9-12(19-22-13)15-18-17-14(21-15)10-6-5-7-11(8-10)20-4/h5-9H,1-4H3. The Balaban J connectivity index is 1.92. The van der Waals surface area contributed by atoms with Crippen LogP contribution in [0.2, 0.25) is 0 Å². The fourth-order valence-electron chi connectivity index (χ4n) is 1.93. The van der Waals surface area contributed by atoms with Crippen molar-refractivity contribution in [1.29, 1.82) is 0 Å². The molecule has 0 saturated carbocycles. The van der Waals surface area contributed by atoms with E-state index < -0.39 is 0 Å². The number of benzene rings is 1. The number of aromatic nitrogens is 3. The summed E-state index contributed by atoms with van der Waals surface area (Å²) < 4.78 is 16.2. The van der Waals surface area contributed by atoms with Gasteiger partial charge in [0.05, 0.1) is 7.11 Å². The molecule has 6 nitrogen and oxygen atoms in total. The van der Waals surface area contributed by atoms with Gasteiger partial charge in [-0.25, -0.2) is 0 Å². The van der Waals surface area contributed by atoms with Gasteiger partial charge in [-0.2, -0.15) is 0 Å². The van der Waals surface area contributed by atoms with Crippen molar-refractivity contribution in [3.8, 4) is 28.8 Å². The number of nitrogens with zero attached hydrogens (tertiary/aromatic N) is 3. The Bertz CT molecular complexity index is 784. The summed E-state index contributed by atoms with van der Waals surface area (Å²) in [5.41, 5.74) is 1.20. The molecule has 0 amide bonds. The third kappa shape index (κ3) is 2.72. The van der Waals surface area contributed by atoms with Crippen LogP contribution in [0.15, 0.2) is 39.3 Å². The minimum atomic E-state index is -0.124. The van der Waals surface area contributed by atoms with Crippen LogP contribution >= 0.6 is 0 Å². The van der Waals surface area contributed by atoms with Crippen molar-refractivity contribution in [3.63, 3.8) is 0 Å². The zero-order valence-corrected chi connectivity index (χ0v) is 13.0. The van der Waals surface area contributed by atoms with Gasteiger partial charge in [-0.3, -0.25) is 0 Å². The Morgan fingerprint density at radius 1 is 1.05 bits per heavy atom. The summed E-state index contributed by atoms with van der Waals surface area (Å²) in [6.45, 7) is 6.15. The monoisotopic (exact) mass is 299 g/mol. The molecule has 0 aliphatic carbocycles. The van der Waals surface area contributed by atoms with Gasteiger partial charge in [0.25, 0.3) is 5.89 Å². The number of methoxy groups -OCH3 is 1. The first-order valence-corrected chi connectivity index (χ1v) is 6.93. The van der Waals surface area contributed by atoms with Gasteiger partial charge in [0.15, 0.2) is 5.69 Å². The smallest absolute Gasteiger partial charge is 0.270 e. The van der Waals surface area contributed by atoms with Crippen LogP contribution in [0.25, 0.3) is 23.0 Å². The van der Waals surface area contributed by atoms with Crippen molar-refractivity contribution in [3.05, 3.63) is 36.1 Å². The molecule has 2 heterocycles. The van der Waals surface area contributed by atoms with E-state index in [9.17, 15) is 0 Å². The molecule has 3 rings (SSSR count). The second-order valence-electron chi connectivity index (χ2n) is 5.97. The van der Waals surface area contributed by atoms with Gasteiger partial charge in [0.2, 0.25) is 5.89 Å². The zero-order chi connectivity index (χ0) is 15.7.